The van der Waals surface area contributed by atoms with Crippen LogP contribution < -0.4 is 20.7 Å². The first-order chi connectivity index (χ1) is 30.8. The van der Waals surface area contributed by atoms with E-state index in [0.29, 0.717) is 5.19 Å². The average molecular weight is 762 g/mol. The minimum Gasteiger partial charge on any atom is -0.456 e. The van der Waals surface area contributed by atoms with Gasteiger partial charge in [-0.05, 0) is 81.4 Å². The van der Waals surface area contributed by atoms with Crippen molar-refractivity contribution in [3.05, 3.63) is 218 Å². The molecule has 0 fully saturated rings. The normalized spacial score (nSPS) is 13.3. The van der Waals surface area contributed by atoms with Crippen molar-refractivity contribution >= 4 is 94.4 Å². The van der Waals surface area contributed by atoms with Crippen molar-refractivity contribution < 1.29 is 11.3 Å². The highest BCUT2D eigenvalue weighted by Gasteiger charge is 2.41. The summed E-state index contributed by atoms with van der Waals surface area (Å²) in [5, 5.41) is 9.65. The molecule has 3 heterocycles. The summed E-state index contributed by atoms with van der Waals surface area (Å²) in [7, 11) is -3.59. The van der Waals surface area contributed by atoms with Crippen LogP contribution in [0.5, 0.6) is 0 Å². The van der Waals surface area contributed by atoms with Crippen LogP contribution in [0, 0.1) is 0 Å². The lowest BCUT2D eigenvalue weighted by Crippen LogP contribution is -2.74. The highest BCUT2D eigenvalue weighted by atomic mass is 28.3. The van der Waals surface area contributed by atoms with E-state index in [1.54, 1.807) is 0 Å². The third-order valence-corrected chi connectivity index (χ3v) is 16.5. The zero-order valence-corrected chi connectivity index (χ0v) is 32.2. The van der Waals surface area contributed by atoms with Crippen LogP contribution in [0.4, 0.5) is 0 Å². The molecule has 0 bridgehead atoms. The van der Waals surface area contributed by atoms with E-state index in [1.165, 1.54) is 0 Å². The molecule has 0 saturated carbocycles. The Labute approximate surface area is 343 Å². The fraction of sp³-hybridized carbons (Fsp3) is 0. The van der Waals surface area contributed by atoms with Crippen LogP contribution in [0.3, 0.4) is 0 Å². The predicted molar refractivity (Wildman–Crippen MR) is 246 cm³/mol. The summed E-state index contributed by atoms with van der Waals surface area (Å²) in [5.74, 6) is 0. The number of fused-ring (bicyclic) bond motifs is 9. The fourth-order valence-electron chi connectivity index (χ4n) is 9.46. The summed E-state index contributed by atoms with van der Waals surface area (Å²) in [5.41, 5.74) is 8.05. The summed E-state index contributed by atoms with van der Waals surface area (Å²) in [6.07, 6.45) is 0. The molecule has 0 aliphatic heterocycles. The van der Waals surface area contributed by atoms with Gasteiger partial charge in [0.05, 0.1) is 28.9 Å². The Morgan fingerprint density at radius 1 is 0.345 bits per heavy atom. The lowest BCUT2D eigenvalue weighted by Gasteiger charge is -2.34. The molecule has 0 aliphatic rings. The van der Waals surface area contributed by atoms with Crippen LogP contribution in [0.15, 0.2) is 223 Å². The van der Waals surface area contributed by atoms with Crippen molar-refractivity contribution in [3.63, 3.8) is 0 Å². The molecule has 9 aromatic carbocycles. The summed E-state index contributed by atoms with van der Waals surface area (Å²) in [6.45, 7) is 0. The van der Waals surface area contributed by atoms with Gasteiger partial charge in [0.15, 0.2) is 8.07 Å². The monoisotopic (exact) mass is 761 g/mol. The first-order valence-electron chi connectivity index (χ1n) is 22.0. The molecule has 0 N–H and O–H groups in total. The highest BCUT2D eigenvalue weighted by molar-refractivity contribution is 7.20. The Balaban J connectivity index is 1.11. The standard InChI is InChI=1S/C54H36N2OSi/c1-4-16-39(17-5-1)58(40-18-6-2-7-19-40,41-20-8-3-9-21-41)42-30-32-52-47(36-42)44-23-11-14-26-50(44)55(52)37-28-31-51-46(34-37)43-22-10-13-25-49(43)56(51)38-29-33-54-48(35-38)45-24-12-15-27-53(45)57-54/h1-36H/i1D,4D,5D,16D,17D. The van der Waals surface area contributed by atoms with E-state index in [4.69, 9.17) is 8.53 Å². The molecule has 12 rings (SSSR count). The van der Waals surface area contributed by atoms with Crippen molar-refractivity contribution in [2.24, 2.45) is 0 Å². The average Bonchev–Trinajstić information content (AvgIpc) is 3.99. The van der Waals surface area contributed by atoms with Crippen molar-refractivity contribution in [1.82, 2.24) is 9.13 Å². The molecule has 0 spiro atoms. The van der Waals surface area contributed by atoms with E-state index in [1.807, 2.05) is 54.6 Å². The molecule has 3 aromatic heterocycles. The zero-order valence-electron chi connectivity index (χ0n) is 36.2. The summed E-state index contributed by atoms with van der Waals surface area (Å²) in [6, 6.07) is 63.4. The number of hydrogen-bond donors (Lipinski definition) is 0. The lowest BCUT2D eigenvalue weighted by molar-refractivity contribution is 0.669. The quantitative estimate of drug-likeness (QED) is 0.122. The Morgan fingerprint density at radius 2 is 0.828 bits per heavy atom. The largest absolute Gasteiger partial charge is 0.456 e. The van der Waals surface area contributed by atoms with Crippen LogP contribution in [0.1, 0.15) is 6.85 Å². The maximum Gasteiger partial charge on any atom is 0.179 e. The minimum atomic E-state index is -3.59. The smallest absolute Gasteiger partial charge is 0.179 e. The number of benzene rings is 9. The Kier molecular flexibility index (Phi) is 6.20. The highest BCUT2D eigenvalue weighted by Crippen LogP contribution is 2.38. The van der Waals surface area contributed by atoms with Gasteiger partial charge in [-0.15, -0.1) is 0 Å². The summed E-state index contributed by atoms with van der Waals surface area (Å²) < 4.78 is 56.0. The number of nitrogens with zero attached hydrogens (tertiary/aromatic N) is 2. The molecular formula is C54H36N2OSi. The van der Waals surface area contributed by atoms with E-state index < -0.39 is 14.1 Å². The third kappa shape index (κ3) is 4.73. The molecule has 0 unspecified atom stereocenters. The molecule has 12 aromatic rings. The SMILES string of the molecule is [2H]c1c([2H])c([2H])c([Si](c2ccccc2)(c2ccccc2)c2ccc3c(c2)c2ccccc2n3-c2ccc3c(c2)c2ccccc2n3-c2ccc3oc4ccccc4c3c2)c([2H])c1[2H]. The number of aromatic nitrogens is 2. The molecule has 58 heavy (non-hydrogen) atoms. The summed E-state index contributed by atoms with van der Waals surface area (Å²) in [4.78, 5) is 0. The number of para-hydroxylation sites is 3. The molecular weight excluding hydrogens is 721 g/mol. The molecule has 272 valence electrons. The van der Waals surface area contributed by atoms with Crippen molar-refractivity contribution in [1.29, 1.82) is 0 Å². The van der Waals surface area contributed by atoms with Gasteiger partial charge in [-0.3, -0.25) is 0 Å². The van der Waals surface area contributed by atoms with E-state index in [0.717, 1.165) is 92.5 Å². The van der Waals surface area contributed by atoms with E-state index in [-0.39, 0.29) is 24.2 Å². The first kappa shape index (κ1) is 28.1. The first-order valence-corrected chi connectivity index (χ1v) is 21.5. The topological polar surface area (TPSA) is 23.0 Å². The minimum absolute atomic E-state index is 0.173. The fourth-order valence-corrected chi connectivity index (χ4v) is 13.9. The second kappa shape index (κ2) is 12.8. The lowest BCUT2D eigenvalue weighted by atomic mass is 10.1. The van der Waals surface area contributed by atoms with Crippen LogP contribution >= 0.6 is 0 Å². The maximum atomic E-state index is 9.44. The molecule has 0 radical (unpaired) electrons. The van der Waals surface area contributed by atoms with Crippen molar-refractivity contribution in [3.8, 4) is 11.4 Å². The van der Waals surface area contributed by atoms with Crippen LogP contribution in [0.2, 0.25) is 0 Å². The second-order valence-electron chi connectivity index (χ2n) is 14.9. The van der Waals surface area contributed by atoms with Gasteiger partial charge in [-0.1, -0.05) is 158 Å². The summed E-state index contributed by atoms with van der Waals surface area (Å²) >= 11 is 0. The number of furan rings is 1. The second-order valence-corrected chi connectivity index (χ2v) is 18.6. The van der Waals surface area contributed by atoms with E-state index in [9.17, 15) is 2.74 Å². The van der Waals surface area contributed by atoms with Crippen molar-refractivity contribution in [2.45, 2.75) is 0 Å². The van der Waals surface area contributed by atoms with Gasteiger partial charge in [0, 0.05) is 43.7 Å². The van der Waals surface area contributed by atoms with Gasteiger partial charge < -0.3 is 13.6 Å². The van der Waals surface area contributed by atoms with Gasteiger partial charge in [0.1, 0.15) is 11.2 Å². The predicted octanol–water partition coefficient (Wildman–Crippen LogP) is 11.2. The zero-order chi connectivity index (χ0) is 42.6. The number of hydrogen-bond acceptors (Lipinski definition) is 1. The maximum absolute atomic E-state index is 9.44. The Bertz CT molecular complexity index is 3750. The van der Waals surface area contributed by atoms with Crippen LogP contribution in [-0.4, -0.2) is 17.2 Å². The molecule has 0 saturated heterocycles. The van der Waals surface area contributed by atoms with Gasteiger partial charge >= 0.3 is 0 Å². The van der Waals surface area contributed by atoms with Crippen LogP contribution in [-0.2, 0) is 0 Å². The van der Waals surface area contributed by atoms with Gasteiger partial charge in [0.25, 0.3) is 0 Å². The van der Waals surface area contributed by atoms with Gasteiger partial charge in [-0.25, -0.2) is 0 Å². The molecule has 0 aliphatic carbocycles. The van der Waals surface area contributed by atoms with E-state index in [2.05, 4.69) is 143 Å². The van der Waals surface area contributed by atoms with Crippen LogP contribution in [0.25, 0.3) is 76.9 Å². The molecule has 0 atom stereocenters. The molecule has 4 heteroatoms. The molecule has 3 nitrogen and oxygen atoms in total. The van der Waals surface area contributed by atoms with Crippen molar-refractivity contribution in [2.75, 3.05) is 0 Å². The van der Waals surface area contributed by atoms with E-state index >= 15 is 0 Å². The van der Waals surface area contributed by atoms with Gasteiger partial charge in [-0.2, -0.15) is 0 Å². The molecule has 0 amide bonds. The number of rotatable bonds is 6. The Hall–Kier alpha value is -7.40. The Morgan fingerprint density at radius 3 is 1.48 bits per heavy atom. The van der Waals surface area contributed by atoms with Gasteiger partial charge in [0.2, 0.25) is 0 Å². The third-order valence-electron chi connectivity index (χ3n) is 11.9.